The van der Waals surface area contributed by atoms with E-state index in [1.807, 2.05) is 55.5 Å². The van der Waals surface area contributed by atoms with Gasteiger partial charge in [0.25, 0.3) is 0 Å². The number of rotatable bonds is 7. The van der Waals surface area contributed by atoms with Crippen molar-refractivity contribution in [1.29, 1.82) is 0 Å². The Morgan fingerprint density at radius 3 is 1.92 bits per heavy atom. The molecular weight excluding hydrogens is 315 g/mol. The molecule has 0 spiro atoms. The number of benzene rings is 3. The lowest BCUT2D eigenvalue weighted by Crippen LogP contribution is -1.96. The fraction of sp³-hybridized carbons (Fsp3) is 0.143. The molecule has 3 heteroatoms. The fourth-order valence-corrected chi connectivity index (χ4v) is 3.80. The van der Waals surface area contributed by atoms with Crippen molar-refractivity contribution >= 4 is 8.38 Å². The first-order chi connectivity index (χ1) is 11.8. The Bertz CT molecular complexity index is 727. The third-order valence-electron chi connectivity index (χ3n) is 3.60. The van der Waals surface area contributed by atoms with Gasteiger partial charge in [-0.15, -0.1) is 0 Å². The van der Waals surface area contributed by atoms with Crippen LogP contribution in [0.4, 0.5) is 0 Å². The molecule has 0 aliphatic heterocycles. The highest BCUT2D eigenvalue weighted by atomic mass is 31.2. The minimum absolute atomic E-state index is 0.653. The maximum atomic E-state index is 6.09. The predicted octanol–water partition coefficient (Wildman–Crippen LogP) is 6.28. The molecule has 0 bridgehead atoms. The molecule has 122 valence electrons. The summed E-state index contributed by atoms with van der Waals surface area (Å²) in [5, 5.41) is 0. The molecule has 0 N–H and O–H groups in total. The highest BCUT2D eigenvalue weighted by Crippen LogP contribution is 2.43. The van der Waals surface area contributed by atoms with Crippen molar-refractivity contribution in [3.05, 3.63) is 90.5 Å². The molecule has 1 atom stereocenters. The van der Waals surface area contributed by atoms with E-state index in [1.54, 1.807) is 0 Å². The van der Waals surface area contributed by atoms with Gasteiger partial charge in [-0.2, -0.15) is 0 Å². The van der Waals surface area contributed by atoms with E-state index in [0.717, 1.165) is 11.9 Å². The van der Waals surface area contributed by atoms with Gasteiger partial charge in [0.15, 0.2) is 0 Å². The Labute approximate surface area is 145 Å². The molecule has 0 radical (unpaired) electrons. The van der Waals surface area contributed by atoms with Crippen LogP contribution in [-0.4, -0.2) is 6.61 Å². The second-order valence-electron chi connectivity index (χ2n) is 5.38. The molecule has 2 nitrogen and oxygen atoms in total. The minimum Gasteiger partial charge on any atom is -0.447 e. The molecule has 0 amide bonds. The topological polar surface area (TPSA) is 18.5 Å². The normalized spacial score (nSPS) is 11.9. The Kier molecular flexibility index (Phi) is 6.01. The van der Waals surface area contributed by atoms with Crippen LogP contribution in [0.15, 0.2) is 84.9 Å². The van der Waals surface area contributed by atoms with Crippen LogP contribution in [0.2, 0.25) is 0 Å². The monoisotopic (exact) mass is 336 g/mol. The highest BCUT2D eigenvalue weighted by Gasteiger charge is 2.13. The van der Waals surface area contributed by atoms with Crippen molar-refractivity contribution in [2.45, 2.75) is 13.1 Å². The summed E-state index contributed by atoms with van der Waals surface area (Å²) in [5.74, 6) is 0.852. The maximum absolute atomic E-state index is 6.09. The van der Waals surface area contributed by atoms with E-state index in [1.165, 1.54) is 16.7 Å². The molecule has 0 aliphatic rings. The molecule has 3 aromatic carbocycles. The van der Waals surface area contributed by atoms with Gasteiger partial charge in [-0.1, -0.05) is 72.8 Å². The zero-order valence-corrected chi connectivity index (χ0v) is 14.7. The smallest absolute Gasteiger partial charge is 0.234 e. The van der Waals surface area contributed by atoms with Crippen molar-refractivity contribution in [3.8, 4) is 16.9 Å². The van der Waals surface area contributed by atoms with Crippen LogP contribution in [0.1, 0.15) is 12.5 Å². The average Bonchev–Trinajstić information content (AvgIpc) is 2.64. The number of hydrogen-bond donors (Lipinski definition) is 0. The van der Waals surface area contributed by atoms with Gasteiger partial charge in [-0.3, -0.25) is 0 Å². The zero-order valence-electron chi connectivity index (χ0n) is 13.8. The first-order valence-electron chi connectivity index (χ1n) is 8.13. The van der Waals surface area contributed by atoms with Gasteiger partial charge in [-0.05, 0) is 35.7 Å². The van der Waals surface area contributed by atoms with Gasteiger partial charge in [0.05, 0.1) is 12.8 Å². The minimum atomic E-state index is -0.977. The number of hydrogen-bond acceptors (Lipinski definition) is 2. The van der Waals surface area contributed by atoms with E-state index in [9.17, 15) is 0 Å². The molecule has 0 heterocycles. The summed E-state index contributed by atoms with van der Waals surface area (Å²) in [6.45, 7) is 2.66. The van der Waals surface area contributed by atoms with Crippen LogP contribution in [0, 0.1) is 0 Å². The van der Waals surface area contributed by atoms with Crippen molar-refractivity contribution in [2.24, 2.45) is 0 Å². The predicted molar refractivity (Wildman–Crippen MR) is 101 cm³/mol. The molecule has 0 saturated heterocycles. The highest BCUT2D eigenvalue weighted by molar-refractivity contribution is 7.46. The summed E-state index contributed by atoms with van der Waals surface area (Å²) in [6.07, 6.45) is 0.796. The van der Waals surface area contributed by atoms with E-state index in [0.29, 0.717) is 6.61 Å². The Morgan fingerprint density at radius 2 is 1.29 bits per heavy atom. The molecule has 24 heavy (non-hydrogen) atoms. The van der Waals surface area contributed by atoms with E-state index in [-0.39, 0.29) is 0 Å². The Hall–Kier alpha value is -2.15. The van der Waals surface area contributed by atoms with Gasteiger partial charge in [0.2, 0.25) is 8.38 Å². The first-order valence-corrected chi connectivity index (χ1v) is 9.49. The Balaban J connectivity index is 1.68. The average molecular weight is 336 g/mol. The van der Waals surface area contributed by atoms with E-state index < -0.39 is 8.38 Å². The van der Waals surface area contributed by atoms with Crippen LogP contribution < -0.4 is 4.52 Å². The Morgan fingerprint density at radius 1 is 0.708 bits per heavy atom. The molecule has 3 aromatic rings. The summed E-state index contributed by atoms with van der Waals surface area (Å²) in [6, 6.07) is 28.9. The molecule has 0 aliphatic carbocycles. The maximum Gasteiger partial charge on any atom is 0.234 e. The van der Waals surface area contributed by atoms with Crippen LogP contribution in [-0.2, 0) is 10.7 Å². The molecule has 1 unspecified atom stereocenters. The lowest BCUT2D eigenvalue weighted by atomic mass is 10.1. The van der Waals surface area contributed by atoms with Crippen LogP contribution in [0.3, 0.4) is 0 Å². The van der Waals surface area contributed by atoms with Gasteiger partial charge < -0.3 is 9.05 Å². The summed E-state index contributed by atoms with van der Waals surface area (Å²) in [5.41, 5.74) is 3.63. The lowest BCUT2D eigenvalue weighted by Gasteiger charge is -2.17. The van der Waals surface area contributed by atoms with E-state index in [2.05, 4.69) is 36.4 Å². The van der Waals surface area contributed by atoms with Gasteiger partial charge in [-0.25, -0.2) is 0 Å². The first kappa shape index (κ1) is 16.7. The van der Waals surface area contributed by atoms with Gasteiger partial charge in [0.1, 0.15) is 5.75 Å². The fourth-order valence-electron chi connectivity index (χ4n) is 2.44. The van der Waals surface area contributed by atoms with Crippen LogP contribution in [0.25, 0.3) is 11.1 Å². The van der Waals surface area contributed by atoms with Gasteiger partial charge >= 0.3 is 0 Å². The standard InChI is InChI=1S/C21H21O2P/c1-2-22-24(17-18-9-5-3-6-10-18)23-21-15-13-20(14-16-21)19-11-7-4-8-12-19/h3-16H,2,17H2,1H3. The van der Waals surface area contributed by atoms with Crippen LogP contribution in [0.5, 0.6) is 5.75 Å². The molecule has 0 saturated carbocycles. The lowest BCUT2D eigenvalue weighted by molar-refractivity contribution is 0.333. The van der Waals surface area contributed by atoms with E-state index in [4.69, 9.17) is 9.05 Å². The third kappa shape index (κ3) is 4.67. The summed E-state index contributed by atoms with van der Waals surface area (Å²) in [7, 11) is -0.977. The van der Waals surface area contributed by atoms with Crippen molar-refractivity contribution in [1.82, 2.24) is 0 Å². The summed E-state index contributed by atoms with van der Waals surface area (Å²) < 4.78 is 11.9. The quantitative estimate of drug-likeness (QED) is 0.473. The second-order valence-corrected chi connectivity index (χ2v) is 6.80. The third-order valence-corrected chi connectivity index (χ3v) is 5.18. The van der Waals surface area contributed by atoms with Crippen molar-refractivity contribution in [3.63, 3.8) is 0 Å². The molecule has 0 fully saturated rings. The molecular formula is C21H21O2P. The SMILES string of the molecule is CCOP(Cc1ccccc1)Oc1ccc(-c2ccccc2)cc1. The van der Waals surface area contributed by atoms with Crippen molar-refractivity contribution in [2.75, 3.05) is 6.61 Å². The van der Waals surface area contributed by atoms with Crippen LogP contribution >= 0.6 is 8.38 Å². The summed E-state index contributed by atoms with van der Waals surface area (Å²) >= 11 is 0. The molecule has 0 aromatic heterocycles. The summed E-state index contributed by atoms with van der Waals surface area (Å²) in [4.78, 5) is 0. The van der Waals surface area contributed by atoms with Gasteiger partial charge in [0, 0.05) is 0 Å². The van der Waals surface area contributed by atoms with Crippen molar-refractivity contribution < 1.29 is 9.05 Å². The second kappa shape index (κ2) is 8.63. The zero-order chi connectivity index (χ0) is 16.6. The van der Waals surface area contributed by atoms with E-state index >= 15 is 0 Å². The molecule has 3 rings (SSSR count). The largest absolute Gasteiger partial charge is 0.447 e.